The van der Waals surface area contributed by atoms with Gasteiger partial charge in [0.05, 0.1) is 12.0 Å². The highest BCUT2D eigenvalue weighted by Gasteiger charge is 2.12. The second-order valence-corrected chi connectivity index (χ2v) is 6.74. The number of nitro groups is 1. The smallest absolute Gasteiger partial charge is 0.269 e. The Hall–Kier alpha value is -2.31. The molecule has 0 aliphatic heterocycles. The highest BCUT2D eigenvalue weighted by atomic mass is 35.5. The van der Waals surface area contributed by atoms with Crippen molar-refractivity contribution < 1.29 is 14.4 Å². The lowest BCUT2D eigenvalue weighted by molar-refractivity contribution is -0.384. The van der Waals surface area contributed by atoms with Crippen molar-refractivity contribution in [2.75, 3.05) is 13.7 Å². The number of non-ortho nitro benzene ring substituents is 1. The molecule has 2 aromatic carbocycles. The van der Waals surface area contributed by atoms with E-state index in [1.807, 2.05) is 6.07 Å². The first-order chi connectivity index (χ1) is 12.4. The molecule has 0 radical (unpaired) electrons. The summed E-state index contributed by atoms with van der Waals surface area (Å²) in [5.74, 6) is 1.68. The third-order valence-corrected chi connectivity index (χ3v) is 4.09. The molecule has 2 aromatic rings. The molecule has 0 unspecified atom stereocenters. The second kappa shape index (κ2) is 9.40. The number of hydrogen-bond donors (Lipinski definition) is 1. The predicted octanol–water partition coefficient (Wildman–Crippen LogP) is 4.58. The zero-order valence-corrected chi connectivity index (χ0v) is 15.9. The van der Waals surface area contributed by atoms with E-state index in [-0.39, 0.29) is 12.3 Å². The third kappa shape index (κ3) is 5.61. The predicted molar refractivity (Wildman–Crippen MR) is 102 cm³/mol. The molecule has 7 heteroatoms. The van der Waals surface area contributed by atoms with Crippen LogP contribution in [0.25, 0.3) is 0 Å². The molecule has 0 aliphatic rings. The largest absolute Gasteiger partial charge is 0.493 e. The SMILES string of the molecule is COc1cc(CNCC(C)C)c(Cl)cc1OCc1ccc([N+](=O)[O-])cc1. The van der Waals surface area contributed by atoms with Crippen LogP contribution in [-0.4, -0.2) is 18.6 Å². The molecule has 0 spiro atoms. The van der Waals surface area contributed by atoms with E-state index in [0.717, 1.165) is 17.7 Å². The molecule has 0 fully saturated rings. The molecule has 26 heavy (non-hydrogen) atoms. The maximum atomic E-state index is 10.7. The van der Waals surface area contributed by atoms with Gasteiger partial charge in [-0.3, -0.25) is 10.1 Å². The summed E-state index contributed by atoms with van der Waals surface area (Å²) in [5, 5.41) is 14.6. The van der Waals surface area contributed by atoms with Crippen LogP contribution in [-0.2, 0) is 13.2 Å². The molecular formula is C19H23ClN2O4. The van der Waals surface area contributed by atoms with Gasteiger partial charge in [-0.25, -0.2) is 0 Å². The molecule has 0 bridgehead atoms. The number of rotatable bonds is 9. The Morgan fingerprint density at radius 3 is 2.46 bits per heavy atom. The van der Waals surface area contributed by atoms with E-state index in [1.165, 1.54) is 12.1 Å². The van der Waals surface area contributed by atoms with Crippen molar-refractivity contribution in [3.63, 3.8) is 0 Å². The van der Waals surface area contributed by atoms with Gasteiger partial charge >= 0.3 is 0 Å². The Morgan fingerprint density at radius 1 is 1.19 bits per heavy atom. The summed E-state index contributed by atoms with van der Waals surface area (Å²) < 4.78 is 11.2. The zero-order valence-electron chi connectivity index (χ0n) is 15.1. The third-order valence-electron chi connectivity index (χ3n) is 3.74. The summed E-state index contributed by atoms with van der Waals surface area (Å²) in [6.45, 7) is 6.09. The number of nitrogens with zero attached hydrogens (tertiary/aromatic N) is 1. The lowest BCUT2D eigenvalue weighted by Crippen LogP contribution is -2.19. The lowest BCUT2D eigenvalue weighted by atomic mass is 10.1. The summed E-state index contributed by atoms with van der Waals surface area (Å²) in [4.78, 5) is 10.3. The van der Waals surface area contributed by atoms with Crippen LogP contribution in [0, 0.1) is 16.0 Å². The van der Waals surface area contributed by atoms with Gasteiger partial charge in [0.1, 0.15) is 6.61 Å². The molecule has 140 valence electrons. The number of nitro benzene ring substituents is 1. The average Bonchev–Trinajstić information content (AvgIpc) is 2.61. The first-order valence-electron chi connectivity index (χ1n) is 8.34. The minimum atomic E-state index is -0.431. The summed E-state index contributed by atoms with van der Waals surface area (Å²) in [5.41, 5.74) is 1.80. The van der Waals surface area contributed by atoms with Crippen LogP contribution in [0.3, 0.4) is 0 Å². The molecule has 0 atom stereocenters. The van der Waals surface area contributed by atoms with Gasteiger partial charge in [-0.1, -0.05) is 25.4 Å². The number of halogens is 1. The Balaban J connectivity index is 2.06. The number of ether oxygens (including phenoxy) is 2. The van der Waals surface area contributed by atoms with E-state index in [1.54, 1.807) is 25.3 Å². The van der Waals surface area contributed by atoms with E-state index >= 15 is 0 Å². The van der Waals surface area contributed by atoms with Crippen LogP contribution >= 0.6 is 11.6 Å². The van der Waals surface area contributed by atoms with Gasteiger partial charge in [-0.05, 0) is 41.8 Å². The highest BCUT2D eigenvalue weighted by molar-refractivity contribution is 6.31. The number of methoxy groups -OCH3 is 1. The molecule has 0 aliphatic carbocycles. The van der Waals surface area contributed by atoms with Crippen molar-refractivity contribution in [3.05, 3.63) is 62.7 Å². The van der Waals surface area contributed by atoms with Crippen molar-refractivity contribution in [2.24, 2.45) is 5.92 Å². The van der Waals surface area contributed by atoms with Crippen LogP contribution in [0.4, 0.5) is 5.69 Å². The van der Waals surface area contributed by atoms with E-state index in [0.29, 0.717) is 29.0 Å². The molecule has 2 rings (SSSR count). The molecule has 0 saturated heterocycles. The minimum Gasteiger partial charge on any atom is -0.493 e. The zero-order chi connectivity index (χ0) is 19.1. The van der Waals surface area contributed by atoms with Crippen LogP contribution in [0.15, 0.2) is 36.4 Å². The average molecular weight is 379 g/mol. The monoisotopic (exact) mass is 378 g/mol. The van der Waals surface area contributed by atoms with Crippen molar-refractivity contribution in [2.45, 2.75) is 27.0 Å². The van der Waals surface area contributed by atoms with Crippen LogP contribution in [0.1, 0.15) is 25.0 Å². The van der Waals surface area contributed by atoms with Gasteiger partial charge in [-0.15, -0.1) is 0 Å². The summed E-state index contributed by atoms with van der Waals surface area (Å²) in [6.07, 6.45) is 0. The fourth-order valence-corrected chi connectivity index (χ4v) is 2.58. The second-order valence-electron chi connectivity index (χ2n) is 6.33. The molecular weight excluding hydrogens is 356 g/mol. The maximum absolute atomic E-state index is 10.7. The van der Waals surface area contributed by atoms with Gasteiger partial charge < -0.3 is 14.8 Å². The fraction of sp³-hybridized carbons (Fsp3) is 0.368. The van der Waals surface area contributed by atoms with E-state index in [4.69, 9.17) is 21.1 Å². The first kappa shape index (κ1) is 20.0. The first-order valence-corrected chi connectivity index (χ1v) is 8.71. The quantitative estimate of drug-likeness (QED) is 0.510. The molecule has 0 aromatic heterocycles. The molecule has 0 heterocycles. The van der Waals surface area contributed by atoms with Crippen LogP contribution in [0.5, 0.6) is 11.5 Å². The summed E-state index contributed by atoms with van der Waals surface area (Å²) >= 11 is 6.36. The minimum absolute atomic E-state index is 0.0487. The van der Waals surface area contributed by atoms with Gasteiger partial charge in [-0.2, -0.15) is 0 Å². The van der Waals surface area contributed by atoms with Crippen LogP contribution in [0.2, 0.25) is 5.02 Å². The topological polar surface area (TPSA) is 73.6 Å². The molecule has 6 nitrogen and oxygen atoms in total. The standard InChI is InChI=1S/C19H23ClN2O4/c1-13(2)10-21-11-15-8-18(25-3)19(9-17(15)20)26-12-14-4-6-16(7-5-14)22(23)24/h4-9,13,21H,10-12H2,1-3H3. The fourth-order valence-electron chi connectivity index (χ4n) is 2.36. The Bertz CT molecular complexity index is 748. The van der Waals surface area contributed by atoms with Crippen molar-refractivity contribution >= 4 is 17.3 Å². The molecule has 1 N–H and O–H groups in total. The maximum Gasteiger partial charge on any atom is 0.269 e. The Kier molecular flexibility index (Phi) is 7.24. The number of benzene rings is 2. The normalized spacial score (nSPS) is 10.8. The molecule has 0 amide bonds. The van der Waals surface area contributed by atoms with Crippen molar-refractivity contribution in [1.29, 1.82) is 0 Å². The number of hydrogen-bond acceptors (Lipinski definition) is 5. The van der Waals surface area contributed by atoms with Crippen LogP contribution < -0.4 is 14.8 Å². The van der Waals surface area contributed by atoms with E-state index in [9.17, 15) is 10.1 Å². The molecule has 0 saturated carbocycles. The van der Waals surface area contributed by atoms with Gasteiger partial charge in [0, 0.05) is 29.8 Å². The van der Waals surface area contributed by atoms with Gasteiger partial charge in [0.25, 0.3) is 5.69 Å². The van der Waals surface area contributed by atoms with E-state index in [2.05, 4.69) is 19.2 Å². The van der Waals surface area contributed by atoms with Crippen molar-refractivity contribution in [3.8, 4) is 11.5 Å². The lowest BCUT2D eigenvalue weighted by Gasteiger charge is -2.15. The van der Waals surface area contributed by atoms with Gasteiger partial charge in [0.15, 0.2) is 11.5 Å². The van der Waals surface area contributed by atoms with Gasteiger partial charge in [0.2, 0.25) is 0 Å². The highest BCUT2D eigenvalue weighted by Crippen LogP contribution is 2.34. The van der Waals surface area contributed by atoms with Crippen molar-refractivity contribution in [1.82, 2.24) is 5.32 Å². The summed E-state index contributed by atoms with van der Waals surface area (Å²) in [6, 6.07) is 9.82. The Labute approximate surface area is 158 Å². The number of nitrogens with one attached hydrogen (secondary N) is 1. The Morgan fingerprint density at radius 2 is 1.88 bits per heavy atom. The van der Waals surface area contributed by atoms with E-state index < -0.39 is 4.92 Å². The summed E-state index contributed by atoms with van der Waals surface area (Å²) in [7, 11) is 1.58.